The Kier molecular flexibility index (Phi) is 9.62. The van der Waals surface area contributed by atoms with Crippen molar-refractivity contribution in [2.75, 3.05) is 35.5 Å². The second kappa shape index (κ2) is 13.5. The summed E-state index contributed by atoms with van der Waals surface area (Å²) in [6.07, 6.45) is 2.94. The molecule has 0 amide bonds. The van der Waals surface area contributed by atoms with Crippen molar-refractivity contribution < 1.29 is 33.5 Å². The largest absolute Gasteiger partial charge is 0.508 e. The number of ether oxygens (including phenoxy) is 6. The third-order valence-electron chi connectivity index (χ3n) is 6.68. The number of aromatic hydroxyl groups is 1. The SMILES string of the molecule is COc1cccc(CCc2cc(Oc3cc(O)cc(CCc4cc(OC)cc(OC)c4)c3)c(OC)cc2OC)c1. The maximum atomic E-state index is 10.5. The van der Waals surface area contributed by atoms with E-state index in [9.17, 15) is 5.11 Å². The molecule has 0 unspecified atom stereocenters. The lowest BCUT2D eigenvalue weighted by Gasteiger charge is -2.16. The van der Waals surface area contributed by atoms with Gasteiger partial charge in [-0.1, -0.05) is 12.1 Å². The first-order valence-corrected chi connectivity index (χ1v) is 13.0. The van der Waals surface area contributed by atoms with Gasteiger partial charge in [0.2, 0.25) is 0 Å². The average molecular weight is 545 g/mol. The molecule has 0 heterocycles. The van der Waals surface area contributed by atoms with Gasteiger partial charge in [-0.05, 0) is 90.4 Å². The molecule has 4 aromatic carbocycles. The quantitative estimate of drug-likeness (QED) is 0.198. The molecule has 0 saturated heterocycles. The summed E-state index contributed by atoms with van der Waals surface area (Å²) in [6, 6.07) is 22.9. The normalized spacial score (nSPS) is 10.6. The Morgan fingerprint density at radius 3 is 1.73 bits per heavy atom. The second-order valence-corrected chi connectivity index (χ2v) is 9.32. The summed E-state index contributed by atoms with van der Waals surface area (Å²) in [4.78, 5) is 0. The van der Waals surface area contributed by atoms with Gasteiger partial charge in [-0.25, -0.2) is 0 Å². The molecule has 0 aromatic heterocycles. The van der Waals surface area contributed by atoms with Crippen molar-refractivity contribution in [2.24, 2.45) is 0 Å². The van der Waals surface area contributed by atoms with Crippen LogP contribution >= 0.6 is 0 Å². The van der Waals surface area contributed by atoms with Gasteiger partial charge in [-0.2, -0.15) is 0 Å². The van der Waals surface area contributed by atoms with Crippen LogP contribution < -0.4 is 28.4 Å². The van der Waals surface area contributed by atoms with Crippen LogP contribution in [0.25, 0.3) is 0 Å². The Morgan fingerprint density at radius 1 is 0.475 bits per heavy atom. The lowest BCUT2D eigenvalue weighted by Crippen LogP contribution is -2.00. The summed E-state index contributed by atoms with van der Waals surface area (Å²) in [7, 11) is 8.17. The van der Waals surface area contributed by atoms with Crippen LogP contribution in [0.15, 0.2) is 72.8 Å². The Bertz CT molecular complexity index is 1410. The van der Waals surface area contributed by atoms with Crippen LogP contribution in [0.1, 0.15) is 22.3 Å². The summed E-state index contributed by atoms with van der Waals surface area (Å²) in [6.45, 7) is 0. The predicted molar refractivity (Wildman–Crippen MR) is 155 cm³/mol. The summed E-state index contributed by atoms with van der Waals surface area (Å²) in [5, 5.41) is 10.5. The maximum absolute atomic E-state index is 10.5. The van der Waals surface area contributed by atoms with Crippen LogP contribution in [0.2, 0.25) is 0 Å². The van der Waals surface area contributed by atoms with E-state index < -0.39 is 0 Å². The Hall–Kier alpha value is -4.52. The number of methoxy groups -OCH3 is 5. The monoisotopic (exact) mass is 544 g/mol. The van der Waals surface area contributed by atoms with Crippen molar-refractivity contribution in [3.8, 4) is 46.0 Å². The van der Waals surface area contributed by atoms with Crippen LogP contribution in [0.3, 0.4) is 0 Å². The Balaban J connectivity index is 1.54. The zero-order valence-corrected chi connectivity index (χ0v) is 23.7. The van der Waals surface area contributed by atoms with E-state index in [0.717, 1.165) is 64.5 Å². The van der Waals surface area contributed by atoms with Crippen molar-refractivity contribution in [1.82, 2.24) is 0 Å². The molecular weight excluding hydrogens is 508 g/mol. The van der Waals surface area contributed by atoms with E-state index in [2.05, 4.69) is 6.07 Å². The van der Waals surface area contributed by atoms with Crippen LogP contribution in [-0.2, 0) is 25.7 Å². The zero-order valence-electron chi connectivity index (χ0n) is 23.7. The first-order valence-electron chi connectivity index (χ1n) is 13.0. The van der Waals surface area contributed by atoms with Gasteiger partial charge in [0.1, 0.15) is 34.5 Å². The molecule has 40 heavy (non-hydrogen) atoms. The molecular formula is C33H36O7. The standard InChI is InChI=1S/C33H36O7/c1-35-27-8-6-7-22(14-27)11-12-25-18-33(32(39-5)21-31(25)38-4)40-30-17-23(13-26(34)19-30)9-10-24-15-28(36-2)20-29(16-24)37-3/h6-8,13-21,34H,9-12H2,1-5H3. The van der Waals surface area contributed by atoms with E-state index in [0.29, 0.717) is 23.7 Å². The Labute approximate surface area is 235 Å². The molecule has 4 rings (SSSR count). The molecule has 7 heteroatoms. The zero-order chi connectivity index (χ0) is 28.5. The first kappa shape index (κ1) is 28.5. The average Bonchev–Trinajstić information content (AvgIpc) is 2.98. The number of benzene rings is 4. The van der Waals surface area contributed by atoms with Crippen molar-refractivity contribution in [2.45, 2.75) is 25.7 Å². The summed E-state index contributed by atoms with van der Waals surface area (Å²) < 4.78 is 33.7. The van der Waals surface area contributed by atoms with Crippen LogP contribution in [0, 0.1) is 0 Å². The minimum atomic E-state index is 0.126. The minimum absolute atomic E-state index is 0.126. The number of hydrogen-bond acceptors (Lipinski definition) is 7. The van der Waals surface area contributed by atoms with E-state index in [4.69, 9.17) is 28.4 Å². The van der Waals surface area contributed by atoms with Gasteiger partial charge >= 0.3 is 0 Å². The first-order chi connectivity index (χ1) is 19.4. The molecule has 0 saturated carbocycles. The smallest absolute Gasteiger partial charge is 0.169 e. The summed E-state index contributed by atoms with van der Waals surface area (Å²) in [5.74, 6) is 4.74. The summed E-state index contributed by atoms with van der Waals surface area (Å²) >= 11 is 0. The number of hydrogen-bond donors (Lipinski definition) is 1. The Morgan fingerprint density at radius 2 is 1.07 bits per heavy atom. The van der Waals surface area contributed by atoms with Crippen molar-refractivity contribution in [3.63, 3.8) is 0 Å². The fourth-order valence-electron chi connectivity index (χ4n) is 4.59. The highest BCUT2D eigenvalue weighted by atomic mass is 16.5. The molecule has 0 bridgehead atoms. The van der Waals surface area contributed by atoms with Crippen molar-refractivity contribution in [3.05, 3.63) is 95.1 Å². The molecule has 0 aliphatic carbocycles. The van der Waals surface area contributed by atoms with Gasteiger partial charge in [0.05, 0.1) is 35.5 Å². The van der Waals surface area contributed by atoms with Gasteiger partial charge in [-0.15, -0.1) is 0 Å². The van der Waals surface area contributed by atoms with Gasteiger partial charge in [-0.3, -0.25) is 0 Å². The molecule has 0 aliphatic heterocycles. The highest BCUT2D eigenvalue weighted by Crippen LogP contribution is 2.39. The topological polar surface area (TPSA) is 75.6 Å². The highest BCUT2D eigenvalue weighted by molar-refractivity contribution is 5.53. The molecule has 0 spiro atoms. The summed E-state index contributed by atoms with van der Waals surface area (Å²) in [5.41, 5.74) is 4.14. The van der Waals surface area contributed by atoms with E-state index in [1.807, 2.05) is 54.6 Å². The number of aryl methyl sites for hydroxylation is 4. The fraction of sp³-hybridized carbons (Fsp3) is 0.273. The van der Waals surface area contributed by atoms with Gasteiger partial charge in [0.25, 0.3) is 0 Å². The van der Waals surface area contributed by atoms with Crippen LogP contribution in [0.5, 0.6) is 46.0 Å². The predicted octanol–water partition coefficient (Wildman–Crippen LogP) is 6.80. The molecule has 7 nitrogen and oxygen atoms in total. The fourth-order valence-corrected chi connectivity index (χ4v) is 4.59. The third-order valence-corrected chi connectivity index (χ3v) is 6.68. The van der Waals surface area contributed by atoms with Gasteiger partial charge in [0.15, 0.2) is 11.5 Å². The number of rotatable bonds is 13. The minimum Gasteiger partial charge on any atom is -0.508 e. The third kappa shape index (κ3) is 7.32. The molecule has 4 aromatic rings. The molecule has 0 aliphatic rings. The molecule has 0 atom stereocenters. The second-order valence-electron chi connectivity index (χ2n) is 9.32. The molecule has 210 valence electrons. The van der Waals surface area contributed by atoms with Gasteiger partial charge < -0.3 is 33.5 Å². The van der Waals surface area contributed by atoms with Gasteiger partial charge in [0, 0.05) is 18.2 Å². The number of phenols is 1. The highest BCUT2D eigenvalue weighted by Gasteiger charge is 2.15. The van der Waals surface area contributed by atoms with Crippen LogP contribution in [-0.4, -0.2) is 40.7 Å². The molecule has 0 radical (unpaired) electrons. The van der Waals surface area contributed by atoms with Crippen LogP contribution in [0.4, 0.5) is 0 Å². The molecule has 1 N–H and O–H groups in total. The van der Waals surface area contributed by atoms with E-state index in [-0.39, 0.29) is 5.75 Å². The maximum Gasteiger partial charge on any atom is 0.169 e. The number of phenolic OH excluding ortho intramolecular Hbond substituents is 1. The van der Waals surface area contributed by atoms with E-state index >= 15 is 0 Å². The van der Waals surface area contributed by atoms with E-state index in [1.54, 1.807) is 47.7 Å². The van der Waals surface area contributed by atoms with Crippen molar-refractivity contribution in [1.29, 1.82) is 0 Å². The lowest BCUT2D eigenvalue weighted by atomic mass is 10.0. The van der Waals surface area contributed by atoms with E-state index in [1.165, 1.54) is 0 Å². The molecule has 0 fully saturated rings. The lowest BCUT2D eigenvalue weighted by molar-refractivity contribution is 0.365. The van der Waals surface area contributed by atoms with Crippen molar-refractivity contribution >= 4 is 0 Å².